The first-order valence-corrected chi connectivity index (χ1v) is 11.4. The van der Waals surface area contributed by atoms with Gasteiger partial charge >= 0.3 is 7.52 Å². The number of aromatic amines is 2. The molecule has 0 saturated carbocycles. The van der Waals surface area contributed by atoms with Crippen LogP contribution in [-0.4, -0.2) is 21.3 Å². The predicted molar refractivity (Wildman–Crippen MR) is 112 cm³/mol. The number of ether oxygens (including phenoxy) is 1. The molecular weight excluding hydrogens is 430 g/mol. The van der Waals surface area contributed by atoms with Crippen LogP contribution >= 0.6 is 19.3 Å². The topological polar surface area (TPSA) is 123 Å². The molecule has 0 aliphatic carbocycles. The normalized spacial score (nSPS) is 13.1. The molecule has 11 heteroatoms. The molecule has 1 unspecified atom stereocenters. The molecule has 30 heavy (non-hydrogen) atoms. The van der Waals surface area contributed by atoms with E-state index in [1.807, 2.05) is 0 Å². The number of halogens is 1. The summed E-state index contributed by atoms with van der Waals surface area (Å²) in [6, 6.07) is 12.4. The summed E-state index contributed by atoms with van der Waals surface area (Å²) in [5.74, 6) is 0.144. The van der Waals surface area contributed by atoms with Crippen molar-refractivity contribution in [2.45, 2.75) is 9.79 Å². The summed E-state index contributed by atoms with van der Waals surface area (Å²) in [4.78, 5) is 22.3. The van der Waals surface area contributed by atoms with E-state index in [0.29, 0.717) is 26.6 Å². The summed E-state index contributed by atoms with van der Waals surface area (Å²) in [7, 11) is -3.62. The van der Waals surface area contributed by atoms with Gasteiger partial charge in [-0.3, -0.25) is 9.36 Å². The Balaban J connectivity index is 1.55. The maximum atomic E-state index is 13.9. The minimum atomic E-state index is -3.62. The van der Waals surface area contributed by atoms with Crippen LogP contribution in [0.15, 0.2) is 75.6 Å². The quantitative estimate of drug-likeness (QED) is 0.365. The van der Waals surface area contributed by atoms with E-state index in [2.05, 4.69) is 15.0 Å². The number of nitrogens with two attached hydrogens (primary N) is 1. The number of aromatic nitrogens is 3. The lowest BCUT2D eigenvalue weighted by Gasteiger charge is -2.17. The Morgan fingerprint density at radius 2 is 1.93 bits per heavy atom. The summed E-state index contributed by atoms with van der Waals surface area (Å²) in [6.07, 6.45) is 2.47. The Kier molecular flexibility index (Phi) is 5.63. The highest BCUT2D eigenvalue weighted by Crippen LogP contribution is 2.42. The highest BCUT2D eigenvalue weighted by atomic mass is 32.2. The van der Waals surface area contributed by atoms with Gasteiger partial charge < -0.3 is 19.2 Å². The fourth-order valence-corrected chi connectivity index (χ4v) is 4.50. The van der Waals surface area contributed by atoms with Gasteiger partial charge in [0.2, 0.25) is 0 Å². The number of para-hydroxylation sites is 1. The van der Waals surface area contributed by atoms with E-state index in [1.54, 1.807) is 36.5 Å². The summed E-state index contributed by atoms with van der Waals surface area (Å²) < 4.78 is 37.4. The lowest BCUT2D eigenvalue weighted by atomic mass is 10.3. The molecule has 4 aromatic rings. The van der Waals surface area contributed by atoms with Gasteiger partial charge in [0.1, 0.15) is 28.3 Å². The van der Waals surface area contributed by atoms with Crippen LogP contribution in [0.4, 0.5) is 4.39 Å². The number of H-pyrrole nitrogens is 2. The van der Waals surface area contributed by atoms with Gasteiger partial charge in [-0.1, -0.05) is 30.0 Å². The number of fused-ring (bicyclic) bond motifs is 1. The molecule has 0 bridgehead atoms. The Morgan fingerprint density at radius 3 is 2.73 bits per heavy atom. The van der Waals surface area contributed by atoms with E-state index in [0.717, 1.165) is 11.8 Å². The summed E-state index contributed by atoms with van der Waals surface area (Å²) in [5, 5.41) is 0. The monoisotopic (exact) mass is 446 g/mol. The first-order valence-electron chi connectivity index (χ1n) is 8.68. The van der Waals surface area contributed by atoms with E-state index in [-0.39, 0.29) is 11.3 Å². The van der Waals surface area contributed by atoms with Gasteiger partial charge in [-0.15, -0.1) is 0 Å². The molecule has 2 heterocycles. The molecule has 0 aliphatic rings. The fraction of sp³-hybridized carbons (Fsp3) is 0.0526. The fourth-order valence-electron chi connectivity index (χ4n) is 2.65. The largest absolute Gasteiger partial charge is 0.480 e. The van der Waals surface area contributed by atoms with E-state index in [9.17, 15) is 13.8 Å². The molecule has 0 saturated heterocycles. The van der Waals surface area contributed by atoms with Crippen LogP contribution in [0, 0.1) is 5.82 Å². The van der Waals surface area contributed by atoms with Crippen molar-refractivity contribution in [3.63, 3.8) is 0 Å². The Hall–Kier alpha value is -3.07. The highest BCUT2D eigenvalue weighted by molar-refractivity contribution is 7.99. The molecular formula is C19H16FN4O4PS. The van der Waals surface area contributed by atoms with Crippen molar-refractivity contribution in [2.24, 2.45) is 5.50 Å². The minimum absolute atomic E-state index is 0.267. The van der Waals surface area contributed by atoms with Gasteiger partial charge in [-0.25, -0.2) is 14.9 Å². The van der Waals surface area contributed by atoms with Gasteiger partial charge in [0.15, 0.2) is 6.35 Å². The molecule has 0 aliphatic heterocycles. The third-order valence-electron chi connectivity index (χ3n) is 3.96. The summed E-state index contributed by atoms with van der Waals surface area (Å²) in [6.45, 7) is 0. The standard InChI is InChI=1S/C19H16FN4O4PS/c20-12-6-7-14(27-11-29(21,26)28-13-4-2-1-3-5-13)15(8-12)30-16-9-22-18-17(16)23-10-24-19(18)25/h1-10,22H,11H2,(H2,21,26)(H,23,24,25). The zero-order valence-corrected chi connectivity index (χ0v) is 17.1. The average Bonchev–Trinajstić information content (AvgIpc) is 3.12. The van der Waals surface area contributed by atoms with Crippen molar-refractivity contribution in [1.82, 2.24) is 15.0 Å². The van der Waals surface area contributed by atoms with E-state index in [4.69, 9.17) is 14.8 Å². The third-order valence-corrected chi connectivity index (χ3v) is 6.04. The van der Waals surface area contributed by atoms with Crippen molar-refractivity contribution >= 4 is 30.3 Å². The molecule has 4 N–H and O–H groups in total. The summed E-state index contributed by atoms with van der Waals surface area (Å²) >= 11 is 1.14. The molecule has 0 radical (unpaired) electrons. The molecule has 154 valence electrons. The molecule has 1 atom stereocenters. The second kappa shape index (κ2) is 8.35. The van der Waals surface area contributed by atoms with Crippen molar-refractivity contribution in [1.29, 1.82) is 0 Å². The number of hydrogen-bond acceptors (Lipinski definition) is 6. The lowest BCUT2D eigenvalue weighted by Crippen LogP contribution is -2.11. The zero-order valence-electron chi connectivity index (χ0n) is 15.4. The Bertz CT molecular complexity index is 1290. The maximum Gasteiger partial charge on any atom is 0.350 e. The van der Waals surface area contributed by atoms with Gasteiger partial charge in [-0.05, 0) is 30.3 Å². The van der Waals surface area contributed by atoms with Crippen LogP contribution in [-0.2, 0) is 4.57 Å². The van der Waals surface area contributed by atoms with Crippen LogP contribution in [0.5, 0.6) is 11.5 Å². The van der Waals surface area contributed by atoms with Gasteiger partial charge in [0.05, 0.1) is 16.1 Å². The smallest absolute Gasteiger partial charge is 0.350 e. The van der Waals surface area contributed by atoms with Crippen molar-refractivity contribution in [3.8, 4) is 11.5 Å². The average molecular weight is 446 g/mol. The second-order valence-corrected chi connectivity index (χ2v) is 9.18. The number of nitrogens with one attached hydrogen (secondary N) is 2. The van der Waals surface area contributed by atoms with Crippen LogP contribution in [0.2, 0.25) is 0 Å². The summed E-state index contributed by atoms with van der Waals surface area (Å²) in [5.41, 5.74) is 6.21. The predicted octanol–water partition coefficient (Wildman–Crippen LogP) is 4.11. The highest BCUT2D eigenvalue weighted by Gasteiger charge is 2.21. The van der Waals surface area contributed by atoms with E-state index in [1.165, 1.54) is 24.5 Å². The van der Waals surface area contributed by atoms with E-state index < -0.39 is 19.7 Å². The third kappa shape index (κ3) is 4.56. The molecule has 2 aromatic carbocycles. The first kappa shape index (κ1) is 20.2. The molecule has 0 fully saturated rings. The molecule has 0 spiro atoms. The van der Waals surface area contributed by atoms with E-state index >= 15 is 0 Å². The Morgan fingerprint density at radius 1 is 1.13 bits per heavy atom. The van der Waals surface area contributed by atoms with Crippen LogP contribution < -0.4 is 20.3 Å². The second-order valence-electron chi connectivity index (χ2n) is 6.21. The first-order chi connectivity index (χ1) is 14.4. The van der Waals surface area contributed by atoms with Crippen molar-refractivity contribution in [3.05, 3.63) is 77.2 Å². The van der Waals surface area contributed by atoms with Gasteiger partial charge in [-0.2, -0.15) is 0 Å². The SMILES string of the molecule is NP(=O)(COc1ccc(F)cc1Sc1c[nH]c2c(=O)[nH]cnc12)Oc1ccccc1. The number of rotatable bonds is 7. The van der Waals surface area contributed by atoms with Crippen molar-refractivity contribution in [2.75, 3.05) is 6.35 Å². The minimum Gasteiger partial charge on any atom is -0.480 e. The van der Waals surface area contributed by atoms with Crippen LogP contribution in [0.3, 0.4) is 0 Å². The molecule has 4 rings (SSSR count). The maximum absolute atomic E-state index is 13.9. The van der Waals surface area contributed by atoms with Crippen LogP contribution in [0.25, 0.3) is 11.0 Å². The van der Waals surface area contributed by atoms with Gasteiger partial charge in [0.25, 0.3) is 5.56 Å². The number of benzene rings is 2. The molecule has 2 aromatic heterocycles. The Labute approximate surface area is 174 Å². The van der Waals surface area contributed by atoms with Crippen LogP contribution in [0.1, 0.15) is 0 Å². The molecule has 8 nitrogen and oxygen atoms in total. The van der Waals surface area contributed by atoms with Gasteiger partial charge in [0, 0.05) is 6.20 Å². The zero-order chi connectivity index (χ0) is 21.1. The van der Waals surface area contributed by atoms with Crippen molar-refractivity contribution < 1.29 is 18.2 Å². The number of hydrogen-bond donors (Lipinski definition) is 3. The lowest BCUT2D eigenvalue weighted by molar-refractivity contribution is 0.345. The number of nitrogens with zero attached hydrogens (tertiary/aromatic N) is 1. The molecule has 0 amide bonds.